The summed E-state index contributed by atoms with van der Waals surface area (Å²) >= 11 is 0. The molecule has 4 heterocycles. The molecule has 0 saturated carbocycles. The fourth-order valence-corrected chi connectivity index (χ4v) is 7.48. The summed E-state index contributed by atoms with van der Waals surface area (Å²) in [6.07, 6.45) is -6.67. The van der Waals surface area contributed by atoms with Crippen molar-refractivity contribution in [3.05, 3.63) is 41.0 Å². The molecular weight excluding hydrogens is 622 g/mol. The summed E-state index contributed by atoms with van der Waals surface area (Å²) in [5.41, 5.74) is 1.99. The lowest BCUT2D eigenvalue weighted by Crippen LogP contribution is -2.68. The van der Waals surface area contributed by atoms with E-state index in [1.54, 1.807) is 31.2 Å². The van der Waals surface area contributed by atoms with E-state index in [0.717, 1.165) is 0 Å². The van der Waals surface area contributed by atoms with E-state index in [1.807, 2.05) is 0 Å². The van der Waals surface area contributed by atoms with Crippen LogP contribution in [0.3, 0.4) is 0 Å². The van der Waals surface area contributed by atoms with Crippen molar-refractivity contribution >= 4 is 11.9 Å². The highest BCUT2D eigenvalue weighted by Gasteiger charge is 2.57. The number of esters is 1. The first-order valence-corrected chi connectivity index (χ1v) is 15.3. The molecule has 1 unspecified atom stereocenters. The van der Waals surface area contributed by atoms with Gasteiger partial charge in [-0.15, -0.1) is 0 Å². The molecule has 47 heavy (non-hydrogen) atoms. The van der Waals surface area contributed by atoms with Crippen molar-refractivity contribution in [2.45, 2.75) is 61.8 Å². The molecule has 4 aliphatic heterocycles. The van der Waals surface area contributed by atoms with Crippen LogP contribution in [0.5, 0.6) is 28.7 Å². The third-order valence-electron chi connectivity index (χ3n) is 9.65. The van der Waals surface area contributed by atoms with E-state index >= 15 is 0 Å². The SMILES string of the molecule is COc1cc([C@@H]2c3cc4c(cc3[C@@H](NC(=O)C[C@]3(O)O[C@@H]5COC(C)O[C@H]5[C@H](O)[C@H]3O)[C@H]3COC(=O)[C@H]23)OCO4)cc(OC)c1OC. The van der Waals surface area contributed by atoms with Crippen LogP contribution in [0.2, 0.25) is 0 Å². The highest BCUT2D eigenvalue weighted by Crippen LogP contribution is 2.55. The van der Waals surface area contributed by atoms with Crippen molar-refractivity contribution in [2.75, 3.05) is 41.3 Å². The number of hydrogen-bond acceptors (Lipinski definition) is 14. The van der Waals surface area contributed by atoms with Crippen LogP contribution in [0.15, 0.2) is 24.3 Å². The van der Waals surface area contributed by atoms with Crippen LogP contribution < -0.4 is 29.0 Å². The van der Waals surface area contributed by atoms with Crippen molar-refractivity contribution in [3.63, 3.8) is 0 Å². The number of hydrogen-bond donors (Lipinski definition) is 4. The second-order valence-corrected chi connectivity index (χ2v) is 12.3. The molecule has 2 aromatic rings. The fraction of sp³-hybridized carbons (Fsp3) is 0.562. The lowest BCUT2D eigenvalue weighted by Gasteiger charge is -2.49. The topological polar surface area (TPSA) is 190 Å². The molecule has 3 fully saturated rings. The second kappa shape index (κ2) is 12.0. The van der Waals surface area contributed by atoms with Crippen LogP contribution in [0.1, 0.15) is 42.0 Å². The molecule has 1 amide bonds. The number of cyclic esters (lactones) is 1. The zero-order valence-corrected chi connectivity index (χ0v) is 26.2. The Morgan fingerprint density at radius 2 is 1.66 bits per heavy atom. The van der Waals surface area contributed by atoms with Gasteiger partial charge >= 0.3 is 5.97 Å². The number of rotatable bonds is 7. The van der Waals surface area contributed by atoms with Crippen molar-refractivity contribution in [1.29, 1.82) is 0 Å². The molecule has 15 nitrogen and oxygen atoms in total. The van der Waals surface area contributed by atoms with E-state index in [1.165, 1.54) is 21.3 Å². The second-order valence-electron chi connectivity index (χ2n) is 12.3. The number of carbonyl (C=O) groups excluding carboxylic acids is 2. The number of ether oxygens (including phenoxy) is 9. The van der Waals surface area contributed by atoms with Crippen LogP contribution in [-0.4, -0.2) is 105 Å². The molecule has 2 aromatic carbocycles. The van der Waals surface area contributed by atoms with Crippen LogP contribution >= 0.6 is 0 Å². The number of benzene rings is 2. The zero-order chi connectivity index (χ0) is 33.2. The van der Waals surface area contributed by atoms with Crippen LogP contribution in [0.25, 0.3) is 0 Å². The Morgan fingerprint density at radius 3 is 2.32 bits per heavy atom. The molecule has 0 bridgehead atoms. The highest BCUT2D eigenvalue weighted by molar-refractivity contribution is 5.81. The first kappa shape index (κ1) is 31.7. The van der Waals surface area contributed by atoms with Gasteiger partial charge in [0.25, 0.3) is 0 Å². The quantitative estimate of drug-likeness (QED) is 0.301. The number of nitrogens with one attached hydrogen (secondary N) is 1. The van der Waals surface area contributed by atoms with Gasteiger partial charge in [0.2, 0.25) is 24.2 Å². The van der Waals surface area contributed by atoms with E-state index in [9.17, 15) is 24.9 Å². The first-order chi connectivity index (χ1) is 22.6. The van der Waals surface area contributed by atoms with E-state index in [4.69, 9.17) is 42.6 Å². The number of aliphatic hydroxyl groups is 3. The number of carbonyl (C=O) groups is 2. The maximum Gasteiger partial charge on any atom is 0.310 e. The van der Waals surface area contributed by atoms with Gasteiger partial charge in [0.15, 0.2) is 29.3 Å². The third kappa shape index (κ3) is 5.21. The average molecular weight is 660 g/mol. The average Bonchev–Trinajstić information content (AvgIpc) is 3.68. The number of amides is 1. The smallest absolute Gasteiger partial charge is 0.310 e. The van der Waals surface area contributed by atoms with Crippen molar-refractivity contribution in [3.8, 4) is 28.7 Å². The molecule has 4 N–H and O–H groups in total. The molecule has 254 valence electrons. The Balaban J connectivity index is 1.25. The van der Waals surface area contributed by atoms with E-state index in [2.05, 4.69) is 5.32 Å². The van der Waals surface area contributed by atoms with E-state index in [-0.39, 0.29) is 20.0 Å². The highest BCUT2D eigenvalue weighted by atomic mass is 16.7. The van der Waals surface area contributed by atoms with Gasteiger partial charge in [-0.1, -0.05) is 0 Å². The standard InChI is InChI=1S/C32H37NO14/c1-13-42-11-22-29(46-13)27(35)30(36)32(38,47-22)9-23(34)33-26-16-8-19-18(44-12-45-19)7-15(16)24(25-17(26)10-43-31(25)37)14-5-20(39-2)28(41-4)21(6-14)40-3/h5-8,13,17,22,24-27,29-30,35-36,38H,9-12H2,1-4H3,(H,33,34)/t13?,17-,22+,24+,25-,26+,27-,29+,30+,32-/m0/s1. The van der Waals surface area contributed by atoms with Crippen LogP contribution in [0, 0.1) is 11.8 Å². The Hall–Kier alpha value is -3.86. The predicted octanol–water partition coefficient (Wildman–Crippen LogP) is 0.494. The summed E-state index contributed by atoms with van der Waals surface area (Å²) in [7, 11) is 4.50. The molecule has 0 aromatic heterocycles. The monoisotopic (exact) mass is 659 g/mol. The normalized spacial score (nSPS) is 35.2. The third-order valence-corrected chi connectivity index (χ3v) is 9.65. The summed E-state index contributed by atoms with van der Waals surface area (Å²) in [5, 5.41) is 35.9. The Labute approximate surface area is 269 Å². The van der Waals surface area contributed by atoms with Crippen molar-refractivity contribution in [1.82, 2.24) is 5.32 Å². The van der Waals surface area contributed by atoms with Crippen LogP contribution in [-0.2, 0) is 28.5 Å². The van der Waals surface area contributed by atoms with Crippen LogP contribution in [0.4, 0.5) is 0 Å². The molecule has 5 aliphatic rings. The van der Waals surface area contributed by atoms with Gasteiger partial charge in [-0.2, -0.15) is 0 Å². The molecule has 0 spiro atoms. The minimum absolute atomic E-state index is 0.00196. The lowest BCUT2D eigenvalue weighted by atomic mass is 9.65. The van der Waals surface area contributed by atoms with Gasteiger partial charge in [-0.05, 0) is 47.9 Å². The molecule has 15 heteroatoms. The largest absolute Gasteiger partial charge is 0.493 e. The van der Waals surface area contributed by atoms with Gasteiger partial charge in [-0.25, -0.2) is 0 Å². The summed E-state index contributed by atoms with van der Waals surface area (Å²) in [5.74, 6) is -3.38. The first-order valence-electron chi connectivity index (χ1n) is 15.3. The molecule has 3 saturated heterocycles. The van der Waals surface area contributed by atoms with Gasteiger partial charge in [0.05, 0.1) is 52.9 Å². The van der Waals surface area contributed by atoms with Gasteiger partial charge in [0, 0.05) is 11.8 Å². The molecule has 0 radical (unpaired) electrons. The lowest BCUT2D eigenvalue weighted by molar-refractivity contribution is -0.388. The van der Waals surface area contributed by atoms with E-state index in [0.29, 0.717) is 45.4 Å². The molecular formula is C32H37NO14. The maximum absolute atomic E-state index is 13.7. The van der Waals surface area contributed by atoms with Gasteiger partial charge < -0.3 is 63.3 Å². The molecule has 1 aliphatic carbocycles. The Kier molecular flexibility index (Phi) is 8.09. The summed E-state index contributed by atoms with van der Waals surface area (Å²) in [6.45, 7) is 1.61. The van der Waals surface area contributed by atoms with Gasteiger partial charge in [-0.3, -0.25) is 9.59 Å². The summed E-state index contributed by atoms with van der Waals surface area (Å²) in [6, 6.07) is 6.31. The summed E-state index contributed by atoms with van der Waals surface area (Å²) in [4.78, 5) is 27.2. The number of methoxy groups -OCH3 is 3. The predicted molar refractivity (Wildman–Crippen MR) is 156 cm³/mol. The minimum Gasteiger partial charge on any atom is -0.493 e. The van der Waals surface area contributed by atoms with E-state index < -0.39 is 78.6 Å². The number of aliphatic hydroxyl groups excluding tert-OH is 2. The number of fused-ring (bicyclic) bond motifs is 4. The fourth-order valence-electron chi connectivity index (χ4n) is 7.48. The maximum atomic E-state index is 13.7. The zero-order valence-electron chi connectivity index (χ0n) is 26.2. The molecule has 7 rings (SSSR count). The minimum atomic E-state index is -2.45. The summed E-state index contributed by atoms with van der Waals surface area (Å²) < 4.78 is 50.4. The molecule has 10 atom stereocenters. The Morgan fingerprint density at radius 1 is 0.979 bits per heavy atom. The van der Waals surface area contributed by atoms with Crippen molar-refractivity contribution < 1.29 is 67.5 Å². The van der Waals surface area contributed by atoms with Gasteiger partial charge in [0.1, 0.15) is 24.4 Å². The Bertz CT molecular complexity index is 1540. The van der Waals surface area contributed by atoms with Crippen molar-refractivity contribution in [2.24, 2.45) is 11.8 Å².